The summed E-state index contributed by atoms with van der Waals surface area (Å²) in [5, 5.41) is 0.674. The lowest BCUT2D eigenvalue weighted by Crippen LogP contribution is -2.31. The maximum absolute atomic E-state index is 13.0. The molecular weight excluding hydrogens is 349 g/mol. The van der Waals surface area contributed by atoms with Crippen LogP contribution in [0.5, 0.6) is 0 Å². The van der Waals surface area contributed by atoms with Gasteiger partial charge in [0.15, 0.2) is 5.16 Å². The lowest BCUT2D eigenvalue weighted by atomic mass is 10.2. The van der Waals surface area contributed by atoms with Crippen molar-refractivity contribution in [1.82, 2.24) is 14.9 Å². The molecule has 1 heterocycles. The number of imidazole rings is 1. The second-order valence-electron chi connectivity index (χ2n) is 5.79. The van der Waals surface area contributed by atoms with Crippen LogP contribution >= 0.6 is 11.8 Å². The van der Waals surface area contributed by atoms with Crippen LogP contribution in [0, 0.1) is 5.82 Å². The average molecular weight is 369 g/mol. The van der Waals surface area contributed by atoms with Gasteiger partial charge in [0.05, 0.1) is 17.6 Å². The zero-order valence-electron chi connectivity index (χ0n) is 14.5. The Morgan fingerprint density at radius 2 is 1.88 bits per heavy atom. The van der Waals surface area contributed by atoms with Gasteiger partial charge in [-0.25, -0.2) is 9.37 Å². The molecule has 3 aromatic rings. The van der Waals surface area contributed by atoms with E-state index in [2.05, 4.69) is 9.97 Å². The Bertz CT molecular complexity index is 849. The van der Waals surface area contributed by atoms with E-state index in [1.165, 1.54) is 23.9 Å². The summed E-state index contributed by atoms with van der Waals surface area (Å²) in [5.74, 6) is 0.115. The van der Waals surface area contributed by atoms with Gasteiger partial charge >= 0.3 is 0 Å². The molecule has 4 nitrogen and oxygen atoms in total. The van der Waals surface area contributed by atoms with Crippen molar-refractivity contribution < 1.29 is 9.18 Å². The fraction of sp³-hybridized carbons (Fsp3) is 0.200. The molecule has 1 N–H and O–H groups in total. The summed E-state index contributed by atoms with van der Waals surface area (Å²) in [4.78, 5) is 21.8. The van der Waals surface area contributed by atoms with Crippen LogP contribution in [0.1, 0.15) is 12.5 Å². The summed E-state index contributed by atoms with van der Waals surface area (Å²) in [7, 11) is 0. The number of aromatic amines is 1. The first kappa shape index (κ1) is 18.2. The molecular formula is C20H20FN3OS. The van der Waals surface area contributed by atoms with Gasteiger partial charge < -0.3 is 9.88 Å². The summed E-state index contributed by atoms with van der Waals surface area (Å²) in [5.41, 5.74) is 2.78. The number of halogens is 1. The number of hydrogen-bond acceptors (Lipinski definition) is 3. The molecule has 0 saturated heterocycles. The van der Waals surface area contributed by atoms with Gasteiger partial charge in [0.1, 0.15) is 5.82 Å². The minimum absolute atomic E-state index is 0.0704. The monoisotopic (exact) mass is 369 g/mol. The highest BCUT2D eigenvalue weighted by atomic mass is 32.2. The van der Waals surface area contributed by atoms with Crippen molar-refractivity contribution in [3.63, 3.8) is 0 Å². The van der Waals surface area contributed by atoms with E-state index in [0.29, 0.717) is 24.0 Å². The third kappa shape index (κ3) is 4.73. The summed E-state index contributed by atoms with van der Waals surface area (Å²) in [6, 6.07) is 16.2. The first-order valence-electron chi connectivity index (χ1n) is 8.41. The fourth-order valence-corrected chi connectivity index (χ4v) is 3.31. The molecule has 6 heteroatoms. The number of aromatic nitrogens is 2. The molecule has 0 bridgehead atoms. The number of rotatable bonds is 7. The zero-order valence-corrected chi connectivity index (χ0v) is 15.3. The number of nitrogens with zero attached hydrogens (tertiary/aromatic N) is 2. The Morgan fingerprint density at radius 3 is 2.58 bits per heavy atom. The SMILES string of the molecule is CCN(Cc1ccccc1)C(=O)CSc1ncc(-c2ccc(F)cc2)[nH]1. The van der Waals surface area contributed by atoms with Crippen molar-refractivity contribution in [2.75, 3.05) is 12.3 Å². The molecule has 0 aliphatic rings. The summed E-state index contributed by atoms with van der Waals surface area (Å²) in [6.07, 6.45) is 1.70. The highest BCUT2D eigenvalue weighted by Gasteiger charge is 2.14. The number of carbonyl (C=O) groups is 1. The second kappa shape index (κ2) is 8.67. The Labute approximate surface area is 156 Å². The van der Waals surface area contributed by atoms with Crippen LogP contribution in [0.2, 0.25) is 0 Å². The second-order valence-corrected chi connectivity index (χ2v) is 6.76. The predicted molar refractivity (Wildman–Crippen MR) is 102 cm³/mol. The quantitative estimate of drug-likeness (QED) is 0.630. The molecule has 0 fully saturated rings. The van der Waals surface area contributed by atoms with E-state index in [4.69, 9.17) is 0 Å². The predicted octanol–water partition coefficient (Wildman–Crippen LogP) is 4.36. The van der Waals surface area contributed by atoms with Crippen molar-refractivity contribution in [3.8, 4) is 11.3 Å². The van der Waals surface area contributed by atoms with E-state index in [-0.39, 0.29) is 11.7 Å². The largest absolute Gasteiger partial charge is 0.338 e. The molecule has 0 aliphatic carbocycles. The van der Waals surface area contributed by atoms with Crippen molar-refractivity contribution >= 4 is 17.7 Å². The Hall–Kier alpha value is -2.60. The highest BCUT2D eigenvalue weighted by Crippen LogP contribution is 2.22. The van der Waals surface area contributed by atoms with E-state index in [9.17, 15) is 9.18 Å². The standard InChI is InChI=1S/C20H20FN3OS/c1-2-24(13-15-6-4-3-5-7-15)19(25)14-26-20-22-12-18(23-20)16-8-10-17(21)11-9-16/h3-12H,2,13-14H2,1H3,(H,22,23). The topological polar surface area (TPSA) is 49.0 Å². The van der Waals surface area contributed by atoms with Gasteiger partial charge in [-0.2, -0.15) is 0 Å². The van der Waals surface area contributed by atoms with E-state index in [1.54, 1.807) is 18.3 Å². The zero-order chi connectivity index (χ0) is 18.4. The van der Waals surface area contributed by atoms with Crippen LogP contribution in [0.3, 0.4) is 0 Å². The lowest BCUT2D eigenvalue weighted by molar-refractivity contribution is -0.128. The van der Waals surface area contributed by atoms with Gasteiger partial charge in [0, 0.05) is 13.1 Å². The van der Waals surface area contributed by atoms with Gasteiger partial charge in [-0.1, -0.05) is 42.1 Å². The smallest absolute Gasteiger partial charge is 0.233 e. The summed E-state index contributed by atoms with van der Waals surface area (Å²) in [6.45, 7) is 3.24. The van der Waals surface area contributed by atoms with Crippen LogP contribution in [0.25, 0.3) is 11.3 Å². The van der Waals surface area contributed by atoms with Gasteiger partial charge in [0.25, 0.3) is 0 Å². The van der Waals surface area contributed by atoms with Gasteiger partial charge in [-0.05, 0) is 42.3 Å². The normalized spacial score (nSPS) is 10.7. The van der Waals surface area contributed by atoms with Gasteiger partial charge in [-0.3, -0.25) is 4.79 Å². The Balaban J connectivity index is 1.57. The molecule has 0 aliphatic heterocycles. The fourth-order valence-electron chi connectivity index (χ4n) is 2.55. The lowest BCUT2D eigenvalue weighted by Gasteiger charge is -2.20. The van der Waals surface area contributed by atoms with Crippen molar-refractivity contribution in [1.29, 1.82) is 0 Å². The average Bonchev–Trinajstić information content (AvgIpc) is 3.14. The van der Waals surface area contributed by atoms with Crippen molar-refractivity contribution in [2.24, 2.45) is 0 Å². The molecule has 1 amide bonds. The Morgan fingerprint density at radius 1 is 1.15 bits per heavy atom. The van der Waals surface area contributed by atoms with Crippen molar-refractivity contribution in [3.05, 3.63) is 72.2 Å². The molecule has 0 atom stereocenters. The molecule has 26 heavy (non-hydrogen) atoms. The minimum Gasteiger partial charge on any atom is -0.338 e. The third-order valence-corrected chi connectivity index (χ3v) is 4.86. The number of nitrogens with one attached hydrogen (secondary N) is 1. The van der Waals surface area contributed by atoms with Crippen LogP contribution in [0.15, 0.2) is 66.0 Å². The molecule has 0 radical (unpaired) electrons. The molecule has 2 aromatic carbocycles. The first-order chi connectivity index (χ1) is 12.7. The maximum Gasteiger partial charge on any atom is 0.233 e. The van der Waals surface area contributed by atoms with E-state index in [1.807, 2.05) is 42.2 Å². The Kier molecular flexibility index (Phi) is 6.07. The number of carbonyl (C=O) groups excluding carboxylic acids is 1. The maximum atomic E-state index is 13.0. The first-order valence-corrected chi connectivity index (χ1v) is 9.39. The highest BCUT2D eigenvalue weighted by molar-refractivity contribution is 7.99. The summed E-state index contributed by atoms with van der Waals surface area (Å²) < 4.78 is 13.0. The van der Waals surface area contributed by atoms with E-state index in [0.717, 1.165) is 16.8 Å². The van der Waals surface area contributed by atoms with E-state index < -0.39 is 0 Å². The van der Waals surface area contributed by atoms with Crippen molar-refractivity contribution in [2.45, 2.75) is 18.6 Å². The van der Waals surface area contributed by atoms with Gasteiger partial charge in [-0.15, -0.1) is 0 Å². The molecule has 0 saturated carbocycles. The molecule has 3 rings (SSSR count). The third-order valence-electron chi connectivity index (χ3n) is 3.99. The van der Waals surface area contributed by atoms with Crippen LogP contribution in [-0.4, -0.2) is 33.1 Å². The number of amides is 1. The van der Waals surface area contributed by atoms with Crippen LogP contribution in [-0.2, 0) is 11.3 Å². The summed E-state index contributed by atoms with van der Waals surface area (Å²) >= 11 is 1.37. The van der Waals surface area contributed by atoms with Crippen LogP contribution < -0.4 is 0 Å². The van der Waals surface area contributed by atoms with Crippen LogP contribution in [0.4, 0.5) is 4.39 Å². The number of benzene rings is 2. The minimum atomic E-state index is -0.272. The molecule has 0 spiro atoms. The molecule has 1 aromatic heterocycles. The number of thioether (sulfide) groups is 1. The van der Waals surface area contributed by atoms with E-state index >= 15 is 0 Å². The molecule has 134 valence electrons. The number of H-pyrrole nitrogens is 1. The van der Waals surface area contributed by atoms with Gasteiger partial charge in [0.2, 0.25) is 5.91 Å². The number of hydrogen-bond donors (Lipinski definition) is 1. The molecule has 0 unspecified atom stereocenters.